The van der Waals surface area contributed by atoms with Crippen molar-refractivity contribution in [2.45, 2.75) is 26.3 Å². The van der Waals surface area contributed by atoms with Crippen molar-refractivity contribution in [2.75, 3.05) is 11.5 Å². The van der Waals surface area contributed by atoms with Crippen LogP contribution in [-0.2, 0) is 0 Å². The highest BCUT2D eigenvalue weighted by molar-refractivity contribution is 7.99. The molecule has 0 radical (unpaired) electrons. The Morgan fingerprint density at radius 2 is 2.09 bits per heavy atom. The maximum absolute atomic E-state index is 5.71. The Labute approximate surface area is 74.1 Å². The summed E-state index contributed by atoms with van der Waals surface area (Å²) in [6.07, 6.45) is 5.82. The van der Waals surface area contributed by atoms with E-state index in [9.17, 15) is 0 Å². The van der Waals surface area contributed by atoms with Gasteiger partial charge in [-0.05, 0) is 11.7 Å². The zero-order valence-electron chi connectivity index (χ0n) is 7.34. The van der Waals surface area contributed by atoms with Gasteiger partial charge in [-0.1, -0.05) is 13.8 Å². The molecule has 0 aliphatic rings. The summed E-state index contributed by atoms with van der Waals surface area (Å²) in [5.41, 5.74) is 5.71. The lowest BCUT2D eigenvalue weighted by Crippen LogP contribution is -2.22. The lowest BCUT2D eigenvalue weighted by molar-refractivity contribution is 0.742. The minimum absolute atomic E-state index is 0.184. The van der Waals surface area contributed by atoms with Crippen molar-refractivity contribution >= 4 is 11.8 Å². The smallest absolute Gasteiger partial charge is 0.0246 e. The minimum Gasteiger partial charge on any atom is -0.326 e. The SMILES string of the molecule is C#CCC(N)CSCC(C)C. The van der Waals surface area contributed by atoms with E-state index >= 15 is 0 Å². The minimum atomic E-state index is 0.184. The Morgan fingerprint density at radius 3 is 2.55 bits per heavy atom. The van der Waals surface area contributed by atoms with Gasteiger partial charge in [0.05, 0.1) is 0 Å². The van der Waals surface area contributed by atoms with Gasteiger partial charge in [0.25, 0.3) is 0 Å². The van der Waals surface area contributed by atoms with Crippen molar-refractivity contribution in [1.29, 1.82) is 0 Å². The van der Waals surface area contributed by atoms with Gasteiger partial charge in [-0.3, -0.25) is 0 Å². The van der Waals surface area contributed by atoms with Crippen molar-refractivity contribution in [3.63, 3.8) is 0 Å². The molecule has 64 valence electrons. The summed E-state index contributed by atoms with van der Waals surface area (Å²) in [4.78, 5) is 0. The highest BCUT2D eigenvalue weighted by atomic mass is 32.2. The topological polar surface area (TPSA) is 26.0 Å². The van der Waals surface area contributed by atoms with Gasteiger partial charge in [0.15, 0.2) is 0 Å². The van der Waals surface area contributed by atoms with E-state index in [-0.39, 0.29) is 6.04 Å². The molecule has 0 amide bonds. The fourth-order valence-corrected chi connectivity index (χ4v) is 1.69. The lowest BCUT2D eigenvalue weighted by Gasteiger charge is -2.08. The third-order valence-corrected chi connectivity index (χ3v) is 2.73. The van der Waals surface area contributed by atoms with Gasteiger partial charge in [0, 0.05) is 18.2 Å². The molecule has 11 heavy (non-hydrogen) atoms. The van der Waals surface area contributed by atoms with Gasteiger partial charge >= 0.3 is 0 Å². The second-order valence-electron chi connectivity index (χ2n) is 3.10. The number of rotatable bonds is 5. The maximum Gasteiger partial charge on any atom is 0.0246 e. The van der Waals surface area contributed by atoms with E-state index in [0.29, 0.717) is 6.42 Å². The van der Waals surface area contributed by atoms with Gasteiger partial charge in [-0.15, -0.1) is 12.3 Å². The summed E-state index contributed by atoms with van der Waals surface area (Å²) >= 11 is 1.89. The number of hydrogen-bond acceptors (Lipinski definition) is 2. The summed E-state index contributed by atoms with van der Waals surface area (Å²) in [6, 6.07) is 0.184. The number of thioether (sulfide) groups is 1. The monoisotopic (exact) mass is 171 g/mol. The lowest BCUT2D eigenvalue weighted by atomic mass is 10.3. The van der Waals surface area contributed by atoms with Gasteiger partial charge in [-0.2, -0.15) is 11.8 Å². The molecule has 0 fully saturated rings. The summed E-state index contributed by atoms with van der Waals surface area (Å²) < 4.78 is 0. The number of hydrogen-bond donors (Lipinski definition) is 1. The molecule has 1 nitrogen and oxygen atoms in total. The normalized spacial score (nSPS) is 13.0. The van der Waals surface area contributed by atoms with Gasteiger partial charge in [0.2, 0.25) is 0 Å². The third kappa shape index (κ3) is 7.77. The molecule has 0 rings (SSSR count). The van der Waals surface area contributed by atoms with E-state index in [1.165, 1.54) is 5.75 Å². The van der Waals surface area contributed by atoms with Crippen LogP contribution in [0.15, 0.2) is 0 Å². The van der Waals surface area contributed by atoms with E-state index in [4.69, 9.17) is 12.2 Å². The summed E-state index contributed by atoms with van der Waals surface area (Å²) in [5, 5.41) is 0. The molecular weight excluding hydrogens is 154 g/mol. The highest BCUT2D eigenvalue weighted by Gasteiger charge is 2.00. The van der Waals surface area contributed by atoms with Crippen molar-refractivity contribution < 1.29 is 0 Å². The molecule has 0 aromatic rings. The molecule has 0 bridgehead atoms. The van der Waals surface area contributed by atoms with E-state index in [0.717, 1.165) is 11.7 Å². The van der Waals surface area contributed by atoms with Crippen molar-refractivity contribution in [2.24, 2.45) is 11.7 Å². The Hall–Kier alpha value is -0.130. The second-order valence-corrected chi connectivity index (χ2v) is 4.17. The first-order chi connectivity index (χ1) is 5.16. The van der Waals surface area contributed by atoms with E-state index in [1.807, 2.05) is 11.8 Å². The molecule has 2 heteroatoms. The molecule has 0 saturated heterocycles. The fourth-order valence-electron chi connectivity index (χ4n) is 0.665. The molecule has 0 aromatic carbocycles. The molecule has 1 unspecified atom stereocenters. The average molecular weight is 171 g/mol. The molecule has 0 aliphatic heterocycles. The first kappa shape index (κ1) is 10.9. The van der Waals surface area contributed by atoms with Crippen LogP contribution in [-0.4, -0.2) is 17.5 Å². The average Bonchev–Trinajstić information content (AvgIpc) is 1.87. The quantitative estimate of drug-likeness (QED) is 0.637. The van der Waals surface area contributed by atoms with Crippen LogP contribution in [0.2, 0.25) is 0 Å². The molecule has 2 N–H and O–H groups in total. The molecule has 0 spiro atoms. The van der Waals surface area contributed by atoms with Gasteiger partial charge in [0.1, 0.15) is 0 Å². The van der Waals surface area contributed by atoms with Crippen LogP contribution in [0.5, 0.6) is 0 Å². The fraction of sp³-hybridized carbons (Fsp3) is 0.778. The Kier molecular flexibility index (Phi) is 6.49. The number of nitrogens with two attached hydrogens (primary N) is 1. The second kappa shape index (κ2) is 6.57. The summed E-state index contributed by atoms with van der Waals surface area (Å²) in [7, 11) is 0. The molecule has 0 aliphatic carbocycles. The Bertz CT molecular complexity index is 126. The predicted molar refractivity (Wildman–Crippen MR) is 53.6 cm³/mol. The molecular formula is C9H17NS. The predicted octanol–water partition coefficient (Wildman–Crippen LogP) is 1.73. The van der Waals surface area contributed by atoms with Crippen LogP contribution < -0.4 is 5.73 Å². The van der Waals surface area contributed by atoms with Crippen molar-refractivity contribution in [1.82, 2.24) is 0 Å². The van der Waals surface area contributed by atoms with Crippen molar-refractivity contribution in [3.8, 4) is 12.3 Å². The van der Waals surface area contributed by atoms with Crippen LogP contribution in [0.1, 0.15) is 20.3 Å². The van der Waals surface area contributed by atoms with E-state index in [1.54, 1.807) is 0 Å². The van der Waals surface area contributed by atoms with Crippen LogP contribution in [0, 0.1) is 18.3 Å². The third-order valence-electron chi connectivity index (χ3n) is 1.16. The first-order valence-corrected chi connectivity index (χ1v) is 5.09. The summed E-state index contributed by atoms with van der Waals surface area (Å²) in [5.74, 6) is 5.48. The molecule has 0 saturated carbocycles. The van der Waals surface area contributed by atoms with Crippen LogP contribution in [0.25, 0.3) is 0 Å². The highest BCUT2D eigenvalue weighted by Crippen LogP contribution is 2.08. The van der Waals surface area contributed by atoms with Crippen LogP contribution >= 0.6 is 11.8 Å². The first-order valence-electron chi connectivity index (χ1n) is 3.93. The van der Waals surface area contributed by atoms with E-state index in [2.05, 4.69) is 19.8 Å². The zero-order chi connectivity index (χ0) is 8.69. The maximum atomic E-state index is 5.71. The van der Waals surface area contributed by atoms with Crippen LogP contribution in [0.3, 0.4) is 0 Å². The Balaban J connectivity index is 3.18. The number of terminal acetylenes is 1. The van der Waals surface area contributed by atoms with Crippen molar-refractivity contribution in [3.05, 3.63) is 0 Å². The molecule has 0 aromatic heterocycles. The molecule has 0 heterocycles. The van der Waals surface area contributed by atoms with Gasteiger partial charge < -0.3 is 5.73 Å². The van der Waals surface area contributed by atoms with Crippen LogP contribution in [0.4, 0.5) is 0 Å². The summed E-state index contributed by atoms with van der Waals surface area (Å²) in [6.45, 7) is 4.42. The standard InChI is InChI=1S/C9H17NS/c1-4-5-9(10)7-11-6-8(2)3/h1,8-9H,5-7,10H2,2-3H3. The Morgan fingerprint density at radius 1 is 1.45 bits per heavy atom. The largest absolute Gasteiger partial charge is 0.326 e. The van der Waals surface area contributed by atoms with Gasteiger partial charge in [-0.25, -0.2) is 0 Å². The molecule has 1 atom stereocenters. The van der Waals surface area contributed by atoms with E-state index < -0.39 is 0 Å². The zero-order valence-corrected chi connectivity index (χ0v) is 8.16.